The Balaban J connectivity index is 1.89. The molecule has 0 fully saturated rings. The fourth-order valence-corrected chi connectivity index (χ4v) is 3.80. The van der Waals surface area contributed by atoms with E-state index in [2.05, 4.69) is 15.6 Å². The number of benzene rings is 1. The first-order valence-electron chi connectivity index (χ1n) is 12.5. The maximum absolute atomic E-state index is 12.8. The van der Waals surface area contributed by atoms with E-state index in [0.29, 0.717) is 0 Å². The van der Waals surface area contributed by atoms with Gasteiger partial charge in [0.15, 0.2) is 0 Å². The number of esters is 1. The van der Waals surface area contributed by atoms with Crippen LogP contribution < -0.4 is 16.4 Å². The van der Waals surface area contributed by atoms with Crippen molar-refractivity contribution in [1.82, 2.24) is 15.6 Å². The zero-order valence-corrected chi connectivity index (χ0v) is 22.5. The van der Waals surface area contributed by atoms with Gasteiger partial charge in [0.2, 0.25) is 11.8 Å². The van der Waals surface area contributed by atoms with Crippen molar-refractivity contribution in [2.45, 2.75) is 71.8 Å². The van der Waals surface area contributed by atoms with E-state index in [9.17, 15) is 19.5 Å². The van der Waals surface area contributed by atoms with E-state index >= 15 is 0 Å². The largest absolute Gasteiger partial charge is 0.460 e. The highest BCUT2D eigenvalue weighted by Gasteiger charge is 2.37. The van der Waals surface area contributed by atoms with Gasteiger partial charge in [0.1, 0.15) is 5.60 Å². The topological polar surface area (TPSA) is 144 Å². The fourth-order valence-electron chi connectivity index (χ4n) is 3.80. The lowest BCUT2D eigenvalue weighted by molar-refractivity contribution is -0.164. The SMILES string of the molecule is CC(C)C(C(=O)OC(C)(C)C)[C@H](N)C(=O)N[C@@H](C)C(O)CNC(=O)Cc1cccc(-c2ccccn2)c1. The first-order valence-corrected chi connectivity index (χ1v) is 12.5. The first kappa shape index (κ1) is 29.9. The third kappa shape index (κ3) is 9.59. The number of hydrogen-bond acceptors (Lipinski definition) is 7. The van der Waals surface area contributed by atoms with Crippen LogP contribution in [-0.2, 0) is 25.5 Å². The molecule has 37 heavy (non-hydrogen) atoms. The molecule has 0 bridgehead atoms. The summed E-state index contributed by atoms with van der Waals surface area (Å²) in [7, 11) is 0. The summed E-state index contributed by atoms with van der Waals surface area (Å²) < 4.78 is 5.43. The Labute approximate surface area is 219 Å². The molecular formula is C28H40N4O5. The van der Waals surface area contributed by atoms with Crippen LogP contribution in [0.1, 0.15) is 47.1 Å². The minimum absolute atomic E-state index is 0.0604. The molecule has 2 amide bonds. The molecule has 2 unspecified atom stereocenters. The average molecular weight is 513 g/mol. The number of aliphatic hydroxyl groups is 1. The minimum atomic E-state index is -1.15. The van der Waals surface area contributed by atoms with Crippen LogP contribution >= 0.6 is 0 Å². The predicted molar refractivity (Wildman–Crippen MR) is 142 cm³/mol. The quantitative estimate of drug-likeness (QED) is 0.338. The third-order valence-electron chi connectivity index (χ3n) is 5.79. The second-order valence-electron chi connectivity index (χ2n) is 10.6. The lowest BCUT2D eigenvalue weighted by Crippen LogP contribution is -2.55. The van der Waals surface area contributed by atoms with Crippen molar-refractivity contribution < 1.29 is 24.2 Å². The molecule has 1 aromatic heterocycles. The summed E-state index contributed by atoms with van der Waals surface area (Å²) in [6, 6.07) is 11.3. The Morgan fingerprint density at radius 2 is 1.78 bits per heavy atom. The van der Waals surface area contributed by atoms with Crippen molar-refractivity contribution in [1.29, 1.82) is 0 Å². The standard InChI is InChI=1S/C28H40N4O5/c1-17(2)24(27(36)37-28(4,5)6)25(29)26(35)32-18(3)22(33)16-31-23(34)15-19-10-9-11-20(14-19)21-12-7-8-13-30-21/h7-14,17-18,22,24-25,33H,15-16,29H2,1-6H3,(H,31,34)(H,32,35)/t18-,22?,24?,25-/m0/s1. The summed E-state index contributed by atoms with van der Waals surface area (Å²) in [5.41, 5.74) is 7.95. The molecule has 2 aromatic rings. The molecule has 9 nitrogen and oxygen atoms in total. The highest BCUT2D eigenvalue weighted by Crippen LogP contribution is 2.21. The second-order valence-corrected chi connectivity index (χ2v) is 10.6. The number of nitrogens with one attached hydrogen (secondary N) is 2. The Bertz CT molecular complexity index is 1050. The summed E-state index contributed by atoms with van der Waals surface area (Å²) in [6.07, 6.45) is 0.785. The number of pyridine rings is 1. The smallest absolute Gasteiger partial charge is 0.311 e. The number of rotatable bonds is 11. The Hall–Kier alpha value is -3.30. The highest BCUT2D eigenvalue weighted by molar-refractivity contribution is 5.88. The molecule has 9 heteroatoms. The molecule has 1 aromatic carbocycles. The predicted octanol–water partition coefficient (Wildman–Crippen LogP) is 2.21. The molecule has 0 radical (unpaired) electrons. The van der Waals surface area contributed by atoms with E-state index in [4.69, 9.17) is 10.5 Å². The molecular weight excluding hydrogens is 472 g/mol. The Kier molecular flexibility index (Phi) is 10.8. The molecule has 5 N–H and O–H groups in total. The van der Waals surface area contributed by atoms with Crippen LogP contribution in [0, 0.1) is 11.8 Å². The molecule has 4 atom stereocenters. The van der Waals surface area contributed by atoms with Crippen LogP contribution in [0.4, 0.5) is 0 Å². The number of ether oxygens (including phenoxy) is 1. The minimum Gasteiger partial charge on any atom is -0.460 e. The van der Waals surface area contributed by atoms with Crippen LogP contribution in [-0.4, -0.2) is 58.2 Å². The molecule has 0 saturated heterocycles. The number of carbonyl (C=O) groups excluding carboxylic acids is 3. The average Bonchev–Trinajstić information content (AvgIpc) is 2.81. The van der Waals surface area contributed by atoms with Crippen LogP contribution in [0.15, 0.2) is 48.7 Å². The lowest BCUT2D eigenvalue weighted by atomic mass is 9.88. The molecule has 0 aliphatic rings. The van der Waals surface area contributed by atoms with Crippen molar-refractivity contribution in [3.05, 3.63) is 54.2 Å². The second kappa shape index (κ2) is 13.3. The Morgan fingerprint density at radius 3 is 2.38 bits per heavy atom. The summed E-state index contributed by atoms with van der Waals surface area (Å²) >= 11 is 0. The van der Waals surface area contributed by atoms with E-state index in [1.54, 1.807) is 47.7 Å². The van der Waals surface area contributed by atoms with E-state index in [-0.39, 0.29) is 24.8 Å². The van der Waals surface area contributed by atoms with Gasteiger partial charge in [-0.2, -0.15) is 0 Å². The van der Waals surface area contributed by atoms with E-state index < -0.39 is 41.6 Å². The highest BCUT2D eigenvalue weighted by atomic mass is 16.6. The summed E-state index contributed by atoms with van der Waals surface area (Å²) in [5.74, 6) is -2.46. The first-order chi connectivity index (χ1) is 17.3. The van der Waals surface area contributed by atoms with Gasteiger partial charge in [0.25, 0.3) is 0 Å². The monoisotopic (exact) mass is 512 g/mol. The van der Waals surface area contributed by atoms with E-state index in [0.717, 1.165) is 16.8 Å². The van der Waals surface area contributed by atoms with Crippen LogP contribution in [0.3, 0.4) is 0 Å². The maximum atomic E-state index is 12.8. The zero-order valence-electron chi connectivity index (χ0n) is 22.5. The fraction of sp³-hybridized carbons (Fsp3) is 0.500. The van der Waals surface area contributed by atoms with Gasteiger partial charge in [0, 0.05) is 18.3 Å². The van der Waals surface area contributed by atoms with Crippen LogP contribution in [0.5, 0.6) is 0 Å². The molecule has 2 rings (SSSR count). The van der Waals surface area contributed by atoms with Crippen LogP contribution in [0.2, 0.25) is 0 Å². The van der Waals surface area contributed by atoms with Gasteiger partial charge in [-0.15, -0.1) is 0 Å². The van der Waals surface area contributed by atoms with Crippen molar-refractivity contribution >= 4 is 17.8 Å². The van der Waals surface area contributed by atoms with Gasteiger partial charge in [0.05, 0.1) is 36.2 Å². The number of aromatic nitrogens is 1. The number of amides is 2. The molecule has 0 aliphatic carbocycles. The summed E-state index contributed by atoms with van der Waals surface area (Å²) in [5, 5.41) is 15.8. The number of carbonyl (C=O) groups is 3. The van der Waals surface area contributed by atoms with Crippen molar-refractivity contribution in [2.24, 2.45) is 17.6 Å². The van der Waals surface area contributed by atoms with Gasteiger partial charge in [-0.3, -0.25) is 19.4 Å². The summed E-state index contributed by atoms with van der Waals surface area (Å²) in [4.78, 5) is 42.2. The van der Waals surface area contributed by atoms with E-state index in [1.165, 1.54) is 0 Å². The maximum Gasteiger partial charge on any atom is 0.311 e. The van der Waals surface area contributed by atoms with Gasteiger partial charge in [-0.05, 0) is 57.4 Å². The Morgan fingerprint density at radius 1 is 1.08 bits per heavy atom. The number of nitrogens with two attached hydrogens (primary N) is 1. The number of hydrogen-bond donors (Lipinski definition) is 4. The number of aliphatic hydroxyl groups excluding tert-OH is 1. The van der Waals surface area contributed by atoms with Crippen LogP contribution in [0.25, 0.3) is 11.3 Å². The molecule has 202 valence electrons. The van der Waals surface area contributed by atoms with Gasteiger partial charge >= 0.3 is 5.97 Å². The number of nitrogens with zero attached hydrogens (tertiary/aromatic N) is 1. The molecule has 0 aliphatic heterocycles. The molecule has 0 spiro atoms. The van der Waals surface area contributed by atoms with Crippen molar-refractivity contribution in [3.63, 3.8) is 0 Å². The lowest BCUT2D eigenvalue weighted by Gasteiger charge is -2.30. The van der Waals surface area contributed by atoms with Crippen molar-refractivity contribution in [2.75, 3.05) is 6.54 Å². The van der Waals surface area contributed by atoms with Gasteiger partial charge in [-0.25, -0.2) is 0 Å². The van der Waals surface area contributed by atoms with E-state index in [1.807, 2.05) is 42.5 Å². The molecule has 0 saturated carbocycles. The van der Waals surface area contributed by atoms with Crippen molar-refractivity contribution in [3.8, 4) is 11.3 Å². The summed E-state index contributed by atoms with van der Waals surface area (Å²) in [6.45, 7) is 10.4. The van der Waals surface area contributed by atoms with Gasteiger partial charge < -0.3 is 26.2 Å². The normalized spacial score (nSPS) is 14.8. The third-order valence-corrected chi connectivity index (χ3v) is 5.79. The molecule has 1 heterocycles. The van der Waals surface area contributed by atoms with Gasteiger partial charge in [-0.1, -0.05) is 38.1 Å². The zero-order chi connectivity index (χ0) is 27.8.